The lowest BCUT2D eigenvalue weighted by Crippen LogP contribution is -2.26. The van der Waals surface area contributed by atoms with E-state index >= 15 is 0 Å². The number of benzene rings is 2. The van der Waals surface area contributed by atoms with E-state index in [0.29, 0.717) is 12.8 Å². The minimum Gasteiger partial charge on any atom is -0.350 e. The lowest BCUT2D eigenvalue weighted by atomic mass is 10.1. The monoisotopic (exact) mass is 371 g/mol. The Morgan fingerprint density at radius 2 is 1.85 bits per heavy atom. The number of nitrogens with one attached hydrogen (secondary N) is 2. The summed E-state index contributed by atoms with van der Waals surface area (Å²) in [6.45, 7) is 1.87. The molecule has 0 bridgehead atoms. The number of aromatic nitrogens is 2. The van der Waals surface area contributed by atoms with Gasteiger partial charge in [0.15, 0.2) is 9.84 Å². The zero-order chi connectivity index (χ0) is 18.7. The lowest BCUT2D eigenvalue weighted by Gasteiger charge is -2.14. The van der Waals surface area contributed by atoms with Crippen molar-refractivity contribution in [2.75, 3.05) is 6.26 Å². The maximum atomic E-state index is 12.2. The normalized spacial score (nSPS) is 12.8. The Bertz CT molecular complexity index is 991. The van der Waals surface area contributed by atoms with Crippen LogP contribution in [0.4, 0.5) is 0 Å². The third kappa shape index (κ3) is 4.29. The van der Waals surface area contributed by atoms with Crippen LogP contribution in [0, 0.1) is 0 Å². The van der Waals surface area contributed by atoms with Crippen LogP contribution in [0.2, 0.25) is 0 Å². The van der Waals surface area contributed by atoms with Gasteiger partial charge in [-0.25, -0.2) is 13.4 Å². The third-order valence-corrected chi connectivity index (χ3v) is 5.34. The van der Waals surface area contributed by atoms with E-state index in [1.54, 1.807) is 24.3 Å². The van der Waals surface area contributed by atoms with Gasteiger partial charge >= 0.3 is 0 Å². The summed E-state index contributed by atoms with van der Waals surface area (Å²) in [5, 5.41) is 2.93. The minimum atomic E-state index is -3.22. The fraction of sp³-hybridized carbons (Fsp3) is 0.263. The van der Waals surface area contributed by atoms with Gasteiger partial charge in [-0.3, -0.25) is 4.79 Å². The van der Waals surface area contributed by atoms with Crippen molar-refractivity contribution in [1.29, 1.82) is 0 Å². The van der Waals surface area contributed by atoms with Crippen LogP contribution >= 0.6 is 0 Å². The molecule has 136 valence electrons. The number of para-hydroxylation sites is 2. The number of sulfone groups is 1. The number of imidazole rings is 1. The number of carbonyl (C=O) groups excluding carboxylic acids is 1. The fourth-order valence-corrected chi connectivity index (χ4v) is 3.39. The predicted molar refractivity (Wildman–Crippen MR) is 101 cm³/mol. The van der Waals surface area contributed by atoms with Crippen LogP contribution in [0.15, 0.2) is 53.4 Å². The van der Waals surface area contributed by atoms with E-state index in [2.05, 4.69) is 15.3 Å². The lowest BCUT2D eigenvalue weighted by molar-refractivity contribution is -0.121. The molecular formula is C19H21N3O3S. The van der Waals surface area contributed by atoms with Crippen LogP contribution in [0.3, 0.4) is 0 Å². The van der Waals surface area contributed by atoms with Gasteiger partial charge < -0.3 is 10.3 Å². The molecule has 0 fully saturated rings. The first-order valence-electron chi connectivity index (χ1n) is 8.36. The molecule has 26 heavy (non-hydrogen) atoms. The van der Waals surface area contributed by atoms with Crippen LogP contribution in [0.25, 0.3) is 11.0 Å². The number of aromatic amines is 1. The molecule has 2 aromatic carbocycles. The van der Waals surface area contributed by atoms with Gasteiger partial charge in [-0.1, -0.05) is 24.3 Å². The van der Waals surface area contributed by atoms with Gasteiger partial charge in [-0.2, -0.15) is 0 Å². The van der Waals surface area contributed by atoms with Crippen LogP contribution in [-0.4, -0.2) is 30.5 Å². The second-order valence-electron chi connectivity index (χ2n) is 6.33. The Kier molecular flexibility index (Phi) is 5.08. The molecule has 1 amide bonds. The van der Waals surface area contributed by atoms with Crippen LogP contribution in [0.1, 0.15) is 30.8 Å². The average molecular weight is 371 g/mol. The van der Waals surface area contributed by atoms with Crippen molar-refractivity contribution in [3.8, 4) is 0 Å². The van der Waals surface area contributed by atoms with E-state index < -0.39 is 9.84 Å². The van der Waals surface area contributed by atoms with E-state index in [1.165, 1.54) is 6.26 Å². The molecule has 1 atom stereocenters. The van der Waals surface area contributed by atoms with Gasteiger partial charge in [0, 0.05) is 19.1 Å². The van der Waals surface area contributed by atoms with Crippen LogP contribution in [0.5, 0.6) is 0 Å². The highest BCUT2D eigenvalue weighted by Crippen LogP contribution is 2.17. The highest BCUT2D eigenvalue weighted by Gasteiger charge is 2.12. The van der Waals surface area contributed by atoms with Crippen LogP contribution in [-0.2, 0) is 21.1 Å². The fourth-order valence-electron chi connectivity index (χ4n) is 2.76. The Labute approximate surface area is 152 Å². The largest absolute Gasteiger partial charge is 0.350 e. The smallest absolute Gasteiger partial charge is 0.220 e. The molecule has 0 aliphatic carbocycles. The van der Waals surface area contributed by atoms with Crippen molar-refractivity contribution >= 4 is 26.8 Å². The van der Waals surface area contributed by atoms with Crippen molar-refractivity contribution in [2.45, 2.75) is 30.7 Å². The van der Waals surface area contributed by atoms with Crippen molar-refractivity contribution in [3.05, 3.63) is 59.9 Å². The number of rotatable bonds is 6. The second-order valence-corrected chi connectivity index (χ2v) is 8.35. The minimum absolute atomic E-state index is 0.0786. The zero-order valence-corrected chi connectivity index (χ0v) is 15.5. The number of amides is 1. The molecule has 0 saturated carbocycles. The predicted octanol–water partition coefficient (Wildman–Crippen LogP) is 2.78. The first-order valence-corrected chi connectivity index (χ1v) is 10.2. The van der Waals surface area contributed by atoms with Crippen molar-refractivity contribution in [3.63, 3.8) is 0 Å². The molecule has 6 nitrogen and oxygen atoms in total. The number of aryl methyl sites for hydroxylation is 1. The maximum absolute atomic E-state index is 12.2. The molecule has 1 aromatic heterocycles. The quantitative estimate of drug-likeness (QED) is 0.697. The maximum Gasteiger partial charge on any atom is 0.220 e. The molecule has 0 aliphatic rings. The summed E-state index contributed by atoms with van der Waals surface area (Å²) in [7, 11) is -3.22. The highest BCUT2D eigenvalue weighted by atomic mass is 32.2. The average Bonchev–Trinajstić information content (AvgIpc) is 3.02. The molecule has 0 unspecified atom stereocenters. The molecule has 0 saturated heterocycles. The molecule has 1 heterocycles. The number of hydrogen-bond donors (Lipinski definition) is 2. The van der Waals surface area contributed by atoms with E-state index in [4.69, 9.17) is 0 Å². The number of nitrogens with zero attached hydrogens (tertiary/aromatic N) is 1. The molecule has 3 aromatic rings. The zero-order valence-electron chi connectivity index (χ0n) is 14.7. The summed E-state index contributed by atoms with van der Waals surface area (Å²) >= 11 is 0. The summed E-state index contributed by atoms with van der Waals surface area (Å²) in [6, 6.07) is 14.1. The number of carbonyl (C=O) groups is 1. The Hall–Kier alpha value is -2.67. The van der Waals surface area contributed by atoms with E-state index in [-0.39, 0.29) is 16.8 Å². The van der Waals surface area contributed by atoms with Gasteiger partial charge in [-0.05, 0) is 36.8 Å². The van der Waals surface area contributed by atoms with Gasteiger partial charge in [0.1, 0.15) is 5.82 Å². The summed E-state index contributed by atoms with van der Waals surface area (Å²) in [4.78, 5) is 20.1. The molecule has 0 spiro atoms. The van der Waals surface area contributed by atoms with E-state index in [9.17, 15) is 13.2 Å². The van der Waals surface area contributed by atoms with Crippen molar-refractivity contribution < 1.29 is 13.2 Å². The molecule has 0 aliphatic heterocycles. The topological polar surface area (TPSA) is 91.9 Å². The van der Waals surface area contributed by atoms with Gasteiger partial charge in [0.05, 0.1) is 22.0 Å². The first-order chi connectivity index (χ1) is 12.3. The Morgan fingerprint density at radius 3 is 2.50 bits per heavy atom. The highest BCUT2D eigenvalue weighted by molar-refractivity contribution is 7.90. The first kappa shape index (κ1) is 18.1. The number of H-pyrrole nitrogens is 1. The van der Waals surface area contributed by atoms with E-state index in [1.807, 2.05) is 31.2 Å². The molecule has 7 heteroatoms. The SMILES string of the molecule is C[C@@H](NC(=O)CCc1nc2ccccc2[nH]1)c1ccc(S(C)(=O)=O)cc1. The third-order valence-electron chi connectivity index (χ3n) is 4.21. The van der Waals surface area contributed by atoms with Gasteiger partial charge in [0.2, 0.25) is 5.91 Å². The summed E-state index contributed by atoms with van der Waals surface area (Å²) in [5.74, 6) is 0.705. The van der Waals surface area contributed by atoms with Gasteiger partial charge in [0.25, 0.3) is 0 Å². The van der Waals surface area contributed by atoms with Crippen LogP contribution < -0.4 is 5.32 Å². The van der Waals surface area contributed by atoms with Gasteiger partial charge in [-0.15, -0.1) is 0 Å². The molecule has 0 radical (unpaired) electrons. The number of hydrogen-bond acceptors (Lipinski definition) is 4. The summed E-state index contributed by atoms with van der Waals surface area (Å²) in [6.07, 6.45) is 2.02. The number of fused-ring (bicyclic) bond motifs is 1. The van der Waals surface area contributed by atoms with Crippen molar-refractivity contribution in [2.24, 2.45) is 0 Å². The Morgan fingerprint density at radius 1 is 1.15 bits per heavy atom. The van der Waals surface area contributed by atoms with Crippen molar-refractivity contribution in [1.82, 2.24) is 15.3 Å². The Balaban J connectivity index is 1.57. The molecule has 3 rings (SSSR count). The summed E-state index contributed by atoms with van der Waals surface area (Å²) in [5.41, 5.74) is 2.71. The standard InChI is InChI=1S/C19H21N3O3S/c1-13(14-7-9-15(10-8-14)26(2,24)25)20-19(23)12-11-18-21-16-5-3-4-6-17(16)22-18/h3-10,13H,11-12H2,1-2H3,(H,20,23)(H,21,22)/t13-/m1/s1. The molecular weight excluding hydrogens is 350 g/mol. The van der Waals surface area contributed by atoms with E-state index in [0.717, 1.165) is 22.4 Å². The summed E-state index contributed by atoms with van der Waals surface area (Å²) < 4.78 is 23.0. The molecule has 2 N–H and O–H groups in total. The second kappa shape index (κ2) is 7.29.